The topological polar surface area (TPSA) is 92.4 Å². The van der Waals surface area contributed by atoms with Crippen molar-refractivity contribution in [3.05, 3.63) is 0 Å². The first-order valence-corrected chi connectivity index (χ1v) is 8.42. The van der Waals surface area contributed by atoms with Crippen LogP contribution in [0.4, 0.5) is 0 Å². The molecule has 0 aromatic rings. The highest BCUT2D eigenvalue weighted by Gasteiger charge is 2.10. The lowest BCUT2D eigenvalue weighted by Gasteiger charge is -2.07. The first-order chi connectivity index (χ1) is 10.1. The minimum Gasteiger partial charge on any atom is -0.480 e. The van der Waals surface area contributed by atoms with Gasteiger partial charge in [0.15, 0.2) is 0 Å². The number of carbonyl (C=O) groups excluding carboxylic acids is 1. The van der Waals surface area contributed by atoms with E-state index in [4.69, 9.17) is 22.4 Å². The Balaban J connectivity index is 3.29. The monoisotopic (exact) mass is 320 g/mol. The number of halogens is 1. The molecule has 0 unspecified atom stereocenters. The number of alkyl halides is 1. The summed E-state index contributed by atoms with van der Waals surface area (Å²) in [5, 5.41) is 11.5. The van der Waals surface area contributed by atoms with E-state index in [0.717, 1.165) is 38.0 Å². The van der Waals surface area contributed by atoms with Crippen molar-refractivity contribution in [2.75, 3.05) is 12.4 Å². The van der Waals surface area contributed by atoms with Gasteiger partial charge in [0.05, 0.1) is 0 Å². The molecule has 1 amide bonds. The van der Waals surface area contributed by atoms with Crippen LogP contribution in [0.3, 0.4) is 0 Å². The molecule has 6 heteroatoms. The Bertz CT molecular complexity index is 288. The van der Waals surface area contributed by atoms with Gasteiger partial charge in [-0.05, 0) is 32.1 Å². The third-order valence-corrected chi connectivity index (χ3v) is 3.64. The second-order valence-corrected chi connectivity index (χ2v) is 5.73. The highest BCUT2D eigenvalue weighted by Crippen LogP contribution is 2.07. The summed E-state index contributed by atoms with van der Waals surface area (Å²) in [4.78, 5) is 22.0. The zero-order chi connectivity index (χ0) is 15.9. The summed E-state index contributed by atoms with van der Waals surface area (Å²) < 4.78 is 0. The molecule has 0 saturated heterocycles. The first kappa shape index (κ1) is 20.2. The molecule has 0 radical (unpaired) electrons. The van der Waals surface area contributed by atoms with Crippen molar-refractivity contribution in [3.63, 3.8) is 0 Å². The van der Waals surface area contributed by atoms with Crippen LogP contribution in [0.25, 0.3) is 0 Å². The molecule has 5 nitrogen and oxygen atoms in total. The highest BCUT2D eigenvalue weighted by molar-refractivity contribution is 6.17. The molecule has 21 heavy (non-hydrogen) atoms. The van der Waals surface area contributed by atoms with Gasteiger partial charge < -0.3 is 16.2 Å². The lowest BCUT2D eigenvalue weighted by atomic mass is 10.1. The second kappa shape index (κ2) is 14.1. The number of carboxylic acid groups (broad SMARTS) is 1. The zero-order valence-corrected chi connectivity index (χ0v) is 13.5. The van der Waals surface area contributed by atoms with E-state index in [1.54, 1.807) is 0 Å². The van der Waals surface area contributed by atoms with E-state index in [1.807, 2.05) is 0 Å². The van der Waals surface area contributed by atoms with Gasteiger partial charge in [-0.3, -0.25) is 9.59 Å². The van der Waals surface area contributed by atoms with Gasteiger partial charge in [0, 0.05) is 18.8 Å². The summed E-state index contributed by atoms with van der Waals surface area (Å²) in [6, 6.07) is -0.792. The predicted octanol–water partition coefficient (Wildman–Crippen LogP) is 2.65. The van der Waals surface area contributed by atoms with Crippen molar-refractivity contribution in [2.45, 2.75) is 70.3 Å². The molecule has 1 atom stereocenters. The number of hydrogen-bond donors (Lipinski definition) is 3. The number of nitrogens with one attached hydrogen (secondary N) is 1. The average molecular weight is 321 g/mol. The smallest absolute Gasteiger partial charge is 0.320 e. The number of amides is 1. The van der Waals surface area contributed by atoms with E-state index in [-0.39, 0.29) is 5.91 Å². The molecule has 0 fully saturated rings. The Morgan fingerprint density at radius 2 is 1.62 bits per heavy atom. The number of carboxylic acids is 1. The maximum absolute atomic E-state index is 11.5. The Hall–Kier alpha value is -0.810. The molecule has 0 aliphatic rings. The number of hydrogen-bond acceptors (Lipinski definition) is 3. The molecule has 0 heterocycles. The molecule has 0 aliphatic heterocycles. The van der Waals surface area contributed by atoms with Gasteiger partial charge in [0.2, 0.25) is 5.91 Å². The maximum Gasteiger partial charge on any atom is 0.320 e. The summed E-state index contributed by atoms with van der Waals surface area (Å²) >= 11 is 5.60. The van der Waals surface area contributed by atoms with Gasteiger partial charge in [-0.1, -0.05) is 25.7 Å². The minimum atomic E-state index is -0.968. The second-order valence-electron chi connectivity index (χ2n) is 5.35. The number of aliphatic carboxylic acids is 1. The molecular formula is C15H29ClN2O3. The van der Waals surface area contributed by atoms with Crippen LogP contribution in [0.1, 0.15) is 64.2 Å². The molecule has 0 aromatic carbocycles. The molecule has 4 N–H and O–H groups in total. The summed E-state index contributed by atoms with van der Waals surface area (Å²) in [6.45, 7) is 0.598. The summed E-state index contributed by atoms with van der Waals surface area (Å²) in [7, 11) is 0. The SMILES string of the molecule is N[C@@H](CCCCNC(=O)CCCCCCCCCl)C(=O)O. The van der Waals surface area contributed by atoms with E-state index in [0.29, 0.717) is 25.8 Å². The van der Waals surface area contributed by atoms with Crippen molar-refractivity contribution in [1.29, 1.82) is 0 Å². The van der Waals surface area contributed by atoms with Crippen LogP contribution in [0.2, 0.25) is 0 Å². The lowest BCUT2D eigenvalue weighted by Crippen LogP contribution is -2.30. The maximum atomic E-state index is 11.5. The van der Waals surface area contributed by atoms with Gasteiger partial charge in [-0.2, -0.15) is 0 Å². The van der Waals surface area contributed by atoms with Crippen molar-refractivity contribution >= 4 is 23.5 Å². The Kier molecular flexibility index (Phi) is 13.6. The molecule has 0 rings (SSSR count). The van der Waals surface area contributed by atoms with Gasteiger partial charge >= 0.3 is 5.97 Å². The fourth-order valence-corrected chi connectivity index (χ4v) is 2.21. The largest absolute Gasteiger partial charge is 0.480 e. The summed E-state index contributed by atoms with van der Waals surface area (Å²) in [5.74, 6) is -0.150. The standard InChI is InChI=1S/C15H29ClN2O3/c16-11-7-4-2-1-3-5-10-14(19)18-12-8-6-9-13(17)15(20)21/h13H,1-12,17H2,(H,18,19)(H,20,21)/t13-/m0/s1. The van der Waals surface area contributed by atoms with Gasteiger partial charge in [0.1, 0.15) is 6.04 Å². The van der Waals surface area contributed by atoms with Crippen LogP contribution in [0, 0.1) is 0 Å². The normalized spacial score (nSPS) is 12.1. The van der Waals surface area contributed by atoms with Crippen LogP contribution in [-0.2, 0) is 9.59 Å². The first-order valence-electron chi connectivity index (χ1n) is 7.89. The average Bonchev–Trinajstić information content (AvgIpc) is 2.45. The molecule has 0 saturated carbocycles. The molecule has 0 aliphatic carbocycles. The van der Waals surface area contributed by atoms with Crippen molar-refractivity contribution < 1.29 is 14.7 Å². The lowest BCUT2D eigenvalue weighted by molar-refractivity contribution is -0.138. The molecule has 124 valence electrons. The predicted molar refractivity (Wildman–Crippen MR) is 85.5 cm³/mol. The number of unbranched alkanes of at least 4 members (excludes halogenated alkanes) is 6. The fourth-order valence-electron chi connectivity index (χ4n) is 2.02. The molecule has 0 spiro atoms. The van der Waals surface area contributed by atoms with Gasteiger partial charge in [-0.25, -0.2) is 0 Å². The van der Waals surface area contributed by atoms with Crippen LogP contribution in [0.15, 0.2) is 0 Å². The Morgan fingerprint density at radius 3 is 2.24 bits per heavy atom. The molecule has 0 aromatic heterocycles. The van der Waals surface area contributed by atoms with E-state index < -0.39 is 12.0 Å². The van der Waals surface area contributed by atoms with E-state index in [2.05, 4.69) is 5.32 Å². The van der Waals surface area contributed by atoms with Crippen LogP contribution < -0.4 is 11.1 Å². The van der Waals surface area contributed by atoms with Gasteiger partial charge in [0.25, 0.3) is 0 Å². The minimum absolute atomic E-state index is 0.0818. The summed E-state index contributed by atoms with van der Waals surface area (Å²) in [6.07, 6.45) is 9.13. The summed E-state index contributed by atoms with van der Waals surface area (Å²) in [5.41, 5.74) is 5.39. The molecular weight excluding hydrogens is 292 g/mol. The third-order valence-electron chi connectivity index (χ3n) is 3.37. The van der Waals surface area contributed by atoms with E-state index in [1.165, 1.54) is 12.8 Å². The van der Waals surface area contributed by atoms with Crippen molar-refractivity contribution in [3.8, 4) is 0 Å². The van der Waals surface area contributed by atoms with Crippen molar-refractivity contribution in [2.24, 2.45) is 5.73 Å². The van der Waals surface area contributed by atoms with Crippen LogP contribution in [0.5, 0.6) is 0 Å². The van der Waals surface area contributed by atoms with Crippen LogP contribution in [-0.4, -0.2) is 35.4 Å². The van der Waals surface area contributed by atoms with Gasteiger partial charge in [-0.15, -0.1) is 11.6 Å². The van der Waals surface area contributed by atoms with Crippen molar-refractivity contribution in [1.82, 2.24) is 5.32 Å². The van der Waals surface area contributed by atoms with E-state index >= 15 is 0 Å². The number of nitrogens with two attached hydrogens (primary N) is 1. The molecule has 0 bridgehead atoms. The fraction of sp³-hybridized carbons (Fsp3) is 0.867. The Labute approximate surface area is 132 Å². The number of carbonyl (C=O) groups is 2. The zero-order valence-electron chi connectivity index (χ0n) is 12.8. The third kappa shape index (κ3) is 13.9. The van der Waals surface area contributed by atoms with E-state index in [9.17, 15) is 9.59 Å². The quantitative estimate of drug-likeness (QED) is 0.339. The highest BCUT2D eigenvalue weighted by atomic mass is 35.5. The Morgan fingerprint density at radius 1 is 1.00 bits per heavy atom. The number of rotatable bonds is 14. The van der Waals surface area contributed by atoms with Crippen LogP contribution >= 0.6 is 11.6 Å².